The summed E-state index contributed by atoms with van der Waals surface area (Å²) in [4.78, 5) is 36.8. The van der Waals surface area contributed by atoms with Crippen LogP contribution < -0.4 is 5.32 Å². The summed E-state index contributed by atoms with van der Waals surface area (Å²) in [5, 5.41) is 7.67. The van der Waals surface area contributed by atoms with E-state index in [9.17, 15) is 22.8 Å². The highest BCUT2D eigenvalue weighted by Crippen LogP contribution is 2.28. The van der Waals surface area contributed by atoms with E-state index in [0.717, 1.165) is 16.7 Å². The van der Waals surface area contributed by atoms with E-state index < -0.39 is 24.9 Å². The molecule has 0 atom stereocenters. The van der Waals surface area contributed by atoms with Crippen LogP contribution in [0.3, 0.4) is 0 Å². The van der Waals surface area contributed by atoms with Gasteiger partial charge in [-0.25, -0.2) is 4.52 Å². The standard InChI is InChI=1S/C29H28F3N7O2/c1-37(19-20-4-2-14-33-18-20)27(41)22-6-8-23(9-7-22)34-28-35-26-24(5-3-15-39(26)36-28)21-11-16-38(17-12-21)25(40)10-13-29(30,31)32/h2-9,11,14-15,18H,10,12-13,16-17,19H2,1H3,(H,34,36). The van der Waals surface area contributed by atoms with Gasteiger partial charge in [0.05, 0.1) is 6.42 Å². The fraction of sp³-hybridized carbons (Fsp3) is 0.276. The fourth-order valence-corrected chi connectivity index (χ4v) is 4.64. The number of alkyl halides is 3. The minimum atomic E-state index is -4.35. The van der Waals surface area contributed by atoms with E-state index in [-0.39, 0.29) is 12.5 Å². The smallest absolute Gasteiger partial charge is 0.339 e. The molecule has 4 aromatic rings. The highest BCUT2D eigenvalue weighted by Gasteiger charge is 2.29. The average molecular weight is 564 g/mol. The van der Waals surface area contributed by atoms with E-state index >= 15 is 0 Å². The molecule has 9 nitrogen and oxygen atoms in total. The van der Waals surface area contributed by atoms with Crippen LogP contribution in [-0.2, 0) is 11.3 Å². The molecule has 0 bridgehead atoms. The summed E-state index contributed by atoms with van der Waals surface area (Å²) in [6, 6.07) is 14.5. The first kappa shape index (κ1) is 27.8. The maximum absolute atomic E-state index is 12.8. The molecule has 0 saturated heterocycles. The van der Waals surface area contributed by atoms with Crippen LogP contribution in [0.25, 0.3) is 11.2 Å². The molecule has 41 heavy (non-hydrogen) atoms. The van der Waals surface area contributed by atoms with Crippen LogP contribution in [-0.4, -0.2) is 67.5 Å². The number of carbonyl (C=O) groups excluding carboxylic acids is 2. The average Bonchev–Trinajstić information content (AvgIpc) is 3.39. The predicted molar refractivity (Wildman–Crippen MR) is 147 cm³/mol. The monoisotopic (exact) mass is 563 g/mol. The number of hydrogen-bond donors (Lipinski definition) is 1. The van der Waals surface area contributed by atoms with Gasteiger partial charge >= 0.3 is 6.18 Å². The molecular formula is C29H28F3N7O2. The zero-order valence-electron chi connectivity index (χ0n) is 22.3. The number of hydrogen-bond acceptors (Lipinski definition) is 6. The largest absolute Gasteiger partial charge is 0.389 e. The predicted octanol–water partition coefficient (Wildman–Crippen LogP) is 5.10. The lowest BCUT2D eigenvalue weighted by atomic mass is 10.00. The third kappa shape index (κ3) is 6.89. The summed E-state index contributed by atoms with van der Waals surface area (Å²) in [5.74, 6) is -0.250. The first-order valence-corrected chi connectivity index (χ1v) is 13.1. The van der Waals surface area contributed by atoms with Crippen molar-refractivity contribution >= 4 is 34.7 Å². The maximum atomic E-state index is 12.8. The van der Waals surface area contributed by atoms with Gasteiger partial charge in [0.2, 0.25) is 11.9 Å². The minimum Gasteiger partial charge on any atom is -0.339 e. The summed E-state index contributed by atoms with van der Waals surface area (Å²) < 4.78 is 39.1. The number of aromatic nitrogens is 4. The number of anilines is 2. The molecule has 1 aliphatic heterocycles. The second-order valence-corrected chi connectivity index (χ2v) is 9.78. The molecule has 12 heteroatoms. The lowest BCUT2D eigenvalue weighted by Crippen LogP contribution is -2.35. The molecule has 0 saturated carbocycles. The van der Waals surface area contributed by atoms with Gasteiger partial charge < -0.3 is 15.1 Å². The van der Waals surface area contributed by atoms with Crippen molar-refractivity contribution in [2.75, 3.05) is 25.5 Å². The van der Waals surface area contributed by atoms with E-state index in [1.54, 1.807) is 59.3 Å². The molecule has 0 aliphatic carbocycles. The Morgan fingerprint density at radius 2 is 1.90 bits per heavy atom. The number of benzene rings is 1. The van der Waals surface area contributed by atoms with Crippen LogP contribution in [0.5, 0.6) is 0 Å². The van der Waals surface area contributed by atoms with E-state index in [0.29, 0.717) is 42.4 Å². The summed E-state index contributed by atoms with van der Waals surface area (Å²) >= 11 is 0. The highest BCUT2D eigenvalue weighted by atomic mass is 19.4. The molecule has 5 rings (SSSR count). The van der Waals surface area contributed by atoms with Gasteiger partial charge in [0.15, 0.2) is 5.65 Å². The fourth-order valence-electron chi connectivity index (χ4n) is 4.64. The number of amides is 2. The van der Waals surface area contributed by atoms with Crippen molar-refractivity contribution < 1.29 is 22.8 Å². The molecular weight excluding hydrogens is 535 g/mol. The van der Waals surface area contributed by atoms with Crippen molar-refractivity contribution in [3.63, 3.8) is 0 Å². The number of pyridine rings is 2. The lowest BCUT2D eigenvalue weighted by Gasteiger charge is -2.27. The van der Waals surface area contributed by atoms with Gasteiger partial charge in [0.25, 0.3) is 5.91 Å². The Morgan fingerprint density at radius 3 is 2.59 bits per heavy atom. The van der Waals surface area contributed by atoms with Gasteiger partial charge in [-0.05, 0) is 60.0 Å². The maximum Gasteiger partial charge on any atom is 0.389 e. The highest BCUT2D eigenvalue weighted by molar-refractivity contribution is 5.94. The Kier molecular flexibility index (Phi) is 7.99. The Balaban J connectivity index is 1.24. The normalized spacial score (nSPS) is 13.7. The van der Waals surface area contributed by atoms with Crippen molar-refractivity contribution in [1.82, 2.24) is 29.4 Å². The van der Waals surface area contributed by atoms with Gasteiger partial charge in [-0.1, -0.05) is 12.1 Å². The summed E-state index contributed by atoms with van der Waals surface area (Å²) in [6.07, 6.45) is 1.53. The second kappa shape index (κ2) is 11.8. The van der Waals surface area contributed by atoms with Crippen molar-refractivity contribution in [3.8, 4) is 0 Å². The number of fused-ring (bicyclic) bond motifs is 1. The van der Waals surface area contributed by atoms with Gasteiger partial charge in [0.1, 0.15) is 0 Å². The van der Waals surface area contributed by atoms with Crippen LogP contribution in [0.15, 0.2) is 73.2 Å². The van der Waals surface area contributed by atoms with Crippen LogP contribution in [0.1, 0.15) is 40.7 Å². The molecule has 1 N–H and O–H groups in total. The Hall–Kier alpha value is -4.74. The van der Waals surface area contributed by atoms with E-state index in [1.807, 2.05) is 30.3 Å². The summed E-state index contributed by atoms with van der Waals surface area (Å²) in [6.45, 7) is 1.03. The van der Waals surface area contributed by atoms with E-state index in [1.165, 1.54) is 4.90 Å². The molecule has 0 spiro atoms. The molecule has 0 radical (unpaired) electrons. The number of nitrogens with zero attached hydrogens (tertiary/aromatic N) is 6. The van der Waals surface area contributed by atoms with Crippen molar-refractivity contribution in [1.29, 1.82) is 0 Å². The van der Waals surface area contributed by atoms with Gasteiger partial charge in [0, 0.05) is 68.5 Å². The molecule has 4 heterocycles. The first-order valence-electron chi connectivity index (χ1n) is 13.1. The Labute approximate surface area is 234 Å². The van der Waals surface area contributed by atoms with Crippen molar-refractivity contribution in [3.05, 3.63) is 89.9 Å². The quantitative estimate of drug-likeness (QED) is 0.321. The lowest BCUT2D eigenvalue weighted by molar-refractivity contribution is -0.148. The van der Waals surface area contributed by atoms with Crippen molar-refractivity contribution in [2.45, 2.75) is 32.0 Å². The van der Waals surface area contributed by atoms with E-state index in [4.69, 9.17) is 0 Å². The molecule has 0 unspecified atom stereocenters. The number of rotatable bonds is 8. The van der Waals surface area contributed by atoms with Crippen LogP contribution in [0.2, 0.25) is 0 Å². The molecule has 0 fully saturated rings. The van der Waals surface area contributed by atoms with Gasteiger partial charge in [-0.2, -0.15) is 18.2 Å². The molecule has 2 amide bonds. The molecule has 212 valence electrons. The third-order valence-corrected chi connectivity index (χ3v) is 6.77. The SMILES string of the molecule is CN(Cc1cccnc1)C(=O)c1ccc(Nc2nc3c(C4=CCN(C(=O)CCC(F)(F)F)CC4)cccn3n2)cc1. The van der Waals surface area contributed by atoms with Crippen LogP contribution in [0.4, 0.5) is 24.8 Å². The zero-order valence-corrected chi connectivity index (χ0v) is 22.3. The first-order chi connectivity index (χ1) is 19.7. The molecule has 1 aliphatic rings. The van der Waals surface area contributed by atoms with Crippen LogP contribution >= 0.6 is 0 Å². The van der Waals surface area contributed by atoms with Crippen molar-refractivity contribution in [2.24, 2.45) is 0 Å². The Bertz CT molecular complexity index is 1570. The summed E-state index contributed by atoms with van der Waals surface area (Å²) in [5.41, 5.74) is 4.60. The molecule has 1 aromatic carbocycles. The zero-order chi connectivity index (χ0) is 29.0. The number of nitrogens with one attached hydrogen (secondary N) is 1. The van der Waals surface area contributed by atoms with E-state index in [2.05, 4.69) is 20.4 Å². The summed E-state index contributed by atoms with van der Waals surface area (Å²) in [7, 11) is 1.74. The topological polar surface area (TPSA) is 95.7 Å². The third-order valence-electron chi connectivity index (χ3n) is 6.77. The van der Waals surface area contributed by atoms with Gasteiger partial charge in [-0.15, -0.1) is 5.10 Å². The second-order valence-electron chi connectivity index (χ2n) is 9.78. The number of carbonyl (C=O) groups is 2. The van der Waals surface area contributed by atoms with Crippen LogP contribution in [0, 0.1) is 0 Å². The minimum absolute atomic E-state index is 0.114. The number of halogens is 3. The molecule has 3 aromatic heterocycles. The Morgan fingerprint density at radius 1 is 1.10 bits per heavy atom. The van der Waals surface area contributed by atoms with Gasteiger partial charge in [-0.3, -0.25) is 14.6 Å².